The number of fused-ring (bicyclic) bond motifs is 1. The van der Waals surface area contributed by atoms with Crippen molar-refractivity contribution in [2.75, 3.05) is 6.61 Å². The molecule has 0 aromatic carbocycles. The minimum absolute atomic E-state index is 0.156. The molecule has 4 nitrogen and oxygen atoms in total. The maximum atomic E-state index is 8.66. The normalized spacial score (nSPS) is 20.3. The molecule has 1 aliphatic heterocycles. The summed E-state index contributed by atoms with van der Waals surface area (Å²) in [4.78, 5) is 3.90. The smallest absolute Gasteiger partial charge is 0.266 e. The molecule has 0 fully saturated rings. The van der Waals surface area contributed by atoms with E-state index in [1.807, 2.05) is 0 Å². The largest absolute Gasteiger partial charge is 0.447 e. The Hall–Kier alpha value is -1.29. The third-order valence-corrected chi connectivity index (χ3v) is 1.39. The number of hydrogen-bond acceptors (Lipinski definition) is 4. The van der Waals surface area contributed by atoms with Crippen LogP contribution in [-0.4, -0.2) is 23.0 Å². The summed E-state index contributed by atoms with van der Waals surface area (Å²) < 4.78 is 10.2. The van der Waals surface area contributed by atoms with E-state index in [1.54, 1.807) is 18.3 Å². The van der Waals surface area contributed by atoms with Crippen molar-refractivity contribution < 1.29 is 14.6 Å². The number of rotatable bonds is 1. The third kappa shape index (κ3) is 1.01. The van der Waals surface area contributed by atoms with Crippen molar-refractivity contribution in [2.45, 2.75) is 6.29 Å². The summed E-state index contributed by atoms with van der Waals surface area (Å²) in [5.74, 6) is 1.04. The van der Waals surface area contributed by atoms with Gasteiger partial charge in [-0.3, -0.25) is 0 Å². The predicted molar refractivity (Wildman–Crippen MR) is 36.4 cm³/mol. The Morgan fingerprint density at radius 3 is 3.18 bits per heavy atom. The first-order valence-corrected chi connectivity index (χ1v) is 3.29. The topological polar surface area (TPSA) is 51.6 Å². The molecule has 1 aromatic rings. The molecule has 1 N–H and O–H groups in total. The summed E-state index contributed by atoms with van der Waals surface area (Å²) in [6.07, 6.45) is 1.03. The van der Waals surface area contributed by atoms with Gasteiger partial charge >= 0.3 is 0 Å². The van der Waals surface area contributed by atoms with Crippen LogP contribution in [0.3, 0.4) is 0 Å². The van der Waals surface area contributed by atoms with Crippen molar-refractivity contribution in [1.29, 1.82) is 0 Å². The van der Waals surface area contributed by atoms with Gasteiger partial charge in [0, 0.05) is 6.20 Å². The summed E-state index contributed by atoms with van der Waals surface area (Å²) in [6.45, 7) is -0.156. The zero-order chi connectivity index (χ0) is 7.68. The van der Waals surface area contributed by atoms with E-state index in [4.69, 9.17) is 14.6 Å². The van der Waals surface area contributed by atoms with Crippen LogP contribution in [0.2, 0.25) is 0 Å². The Labute approximate surface area is 63.4 Å². The standard InChI is InChI=1S/C7H7NO3/c9-4-6-10-5-2-1-3-8-7(5)11-6/h1-3,6,9H,4H2/t6-/m0/s1. The fourth-order valence-electron chi connectivity index (χ4n) is 0.919. The molecular formula is C7H7NO3. The molecule has 0 radical (unpaired) electrons. The maximum Gasteiger partial charge on any atom is 0.266 e. The molecule has 4 heteroatoms. The molecule has 0 amide bonds. The van der Waals surface area contributed by atoms with Gasteiger partial charge in [0.1, 0.15) is 6.61 Å². The molecule has 2 heterocycles. The van der Waals surface area contributed by atoms with Gasteiger partial charge in [-0.05, 0) is 12.1 Å². The molecule has 0 bridgehead atoms. The summed E-state index contributed by atoms with van der Waals surface area (Å²) in [6, 6.07) is 3.50. The summed E-state index contributed by atoms with van der Waals surface area (Å²) in [7, 11) is 0. The van der Waals surface area contributed by atoms with Crippen molar-refractivity contribution in [3.8, 4) is 11.6 Å². The van der Waals surface area contributed by atoms with E-state index in [2.05, 4.69) is 4.98 Å². The Morgan fingerprint density at radius 2 is 2.45 bits per heavy atom. The van der Waals surface area contributed by atoms with Gasteiger partial charge < -0.3 is 14.6 Å². The zero-order valence-electron chi connectivity index (χ0n) is 5.73. The highest BCUT2D eigenvalue weighted by molar-refractivity contribution is 5.35. The van der Waals surface area contributed by atoms with Crippen LogP contribution in [0, 0.1) is 0 Å². The Balaban J connectivity index is 2.27. The number of ether oxygens (including phenoxy) is 2. The SMILES string of the molecule is OC[C@H]1Oc2cccnc2O1. The van der Waals surface area contributed by atoms with Crippen LogP contribution in [0.25, 0.3) is 0 Å². The average Bonchev–Trinajstić information content (AvgIpc) is 2.46. The first kappa shape index (κ1) is 6.42. The van der Waals surface area contributed by atoms with E-state index in [1.165, 1.54) is 0 Å². The predicted octanol–water partition coefficient (Wildman–Crippen LogP) is 0.171. The van der Waals surface area contributed by atoms with Crippen LogP contribution in [0.5, 0.6) is 11.6 Å². The number of aromatic nitrogens is 1. The van der Waals surface area contributed by atoms with E-state index in [0.29, 0.717) is 11.6 Å². The molecule has 0 spiro atoms. The second kappa shape index (κ2) is 2.39. The van der Waals surface area contributed by atoms with Crippen molar-refractivity contribution >= 4 is 0 Å². The highest BCUT2D eigenvalue weighted by Gasteiger charge is 2.23. The lowest BCUT2D eigenvalue weighted by molar-refractivity contribution is -0.00234. The van der Waals surface area contributed by atoms with E-state index < -0.39 is 6.29 Å². The van der Waals surface area contributed by atoms with Gasteiger partial charge in [0.05, 0.1) is 0 Å². The van der Waals surface area contributed by atoms with Crippen molar-refractivity contribution in [2.24, 2.45) is 0 Å². The molecule has 11 heavy (non-hydrogen) atoms. The lowest BCUT2D eigenvalue weighted by atomic mass is 10.4. The third-order valence-electron chi connectivity index (χ3n) is 1.39. The van der Waals surface area contributed by atoms with Crippen LogP contribution >= 0.6 is 0 Å². The lowest BCUT2D eigenvalue weighted by Crippen LogP contribution is -2.22. The highest BCUT2D eigenvalue weighted by Crippen LogP contribution is 2.30. The van der Waals surface area contributed by atoms with E-state index in [9.17, 15) is 0 Å². The van der Waals surface area contributed by atoms with Crippen LogP contribution in [0.1, 0.15) is 0 Å². The van der Waals surface area contributed by atoms with Gasteiger partial charge in [-0.15, -0.1) is 0 Å². The van der Waals surface area contributed by atoms with Crippen molar-refractivity contribution in [3.63, 3.8) is 0 Å². The summed E-state index contributed by atoms with van der Waals surface area (Å²) in [5, 5.41) is 8.66. The minimum Gasteiger partial charge on any atom is -0.447 e. The Morgan fingerprint density at radius 1 is 1.55 bits per heavy atom. The Bertz CT molecular complexity index is 239. The first-order valence-electron chi connectivity index (χ1n) is 3.29. The molecule has 0 aliphatic carbocycles. The molecule has 1 atom stereocenters. The summed E-state index contributed by atoms with van der Waals surface area (Å²) in [5.41, 5.74) is 0. The first-order chi connectivity index (χ1) is 5.40. The van der Waals surface area contributed by atoms with E-state index in [0.717, 1.165) is 0 Å². The molecule has 1 aromatic heterocycles. The van der Waals surface area contributed by atoms with E-state index in [-0.39, 0.29) is 6.61 Å². The van der Waals surface area contributed by atoms with Gasteiger partial charge in [-0.2, -0.15) is 0 Å². The average molecular weight is 153 g/mol. The van der Waals surface area contributed by atoms with Gasteiger partial charge in [-0.1, -0.05) is 0 Å². The molecule has 0 saturated carbocycles. The minimum atomic E-state index is -0.583. The van der Waals surface area contributed by atoms with Gasteiger partial charge in [0.2, 0.25) is 0 Å². The van der Waals surface area contributed by atoms with E-state index >= 15 is 0 Å². The fourth-order valence-corrected chi connectivity index (χ4v) is 0.919. The van der Waals surface area contributed by atoms with Gasteiger partial charge in [0.15, 0.2) is 5.75 Å². The number of aliphatic hydroxyl groups is 1. The zero-order valence-corrected chi connectivity index (χ0v) is 5.73. The lowest BCUT2D eigenvalue weighted by Gasteiger charge is -2.03. The fraction of sp³-hybridized carbons (Fsp3) is 0.286. The molecule has 58 valence electrons. The quantitative estimate of drug-likeness (QED) is 0.624. The van der Waals surface area contributed by atoms with Crippen LogP contribution in [0.4, 0.5) is 0 Å². The number of hydrogen-bond donors (Lipinski definition) is 1. The molecular weight excluding hydrogens is 146 g/mol. The number of nitrogens with zero attached hydrogens (tertiary/aromatic N) is 1. The Kier molecular flexibility index (Phi) is 1.40. The van der Waals surface area contributed by atoms with Gasteiger partial charge in [0.25, 0.3) is 12.2 Å². The molecule has 0 unspecified atom stereocenters. The summed E-state index contributed by atoms with van der Waals surface area (Å²) >= 11 is 0. The van der Waals surface area contributed by atoms with Crippen LogP contribution < -0.4 is 9.47 Å². The number of aliphatic hydroxyl groups excluding tert-OH is 1. The second-order valence-corrected chi connectivity index (χ2v) is 2.15. The van der Waals surface area contributed by atoms with Gasteiger partial charge in [-0.25, -0.2) is 4.98 Å². The van der Waals surface area contributed by atoms with Crippen LogP contribution in [0.15, 0.2) is 18.3 Å². The molecule has 2 rings (SSSR count). The molecule has 0 saturated heterocycles. The monoisotopic (exact) mass is 153 g/mol. The van der Waals surface area contributed by atoms with Crippen LogP contribution in [-0.2, 0) is 0 Å². The maximum absolute atomic E-state index is 8.66. The second-order valence-electron chi connectivity index (χ2n) is 2.15. The van der Waals surface area contributed by atoms with Crippen molar-refractivity contribution in [3.05, 3.63) is 18.3 Å². The highest BCUT2D eigenvalue weighted by atomic mass is 16.7. The van der Waals surface area contributed by atoms with Crippen molar-refractivity contribution in [1.82, 2.24) is 4.98 Å². The molecule has 1 aliphatic rings. The number of pyridine rings is 1.